The summed E-state index contributed by atoms with van der Waals surface area (Å²) in [5.74, 6) is 0.0761. The van der Waals surface area contributed by atoms with E-state index in [1.54, 1.807) is 12.1 Å². The number of hydrogen-bond donors (Lipinski definition) is 2. The van der Waals surface area contributed by atoms with Gasteiger partial charge in [0.25, 0.3) is 0 Å². The summed E-state index contributed by atoms with van der Waals surface area (Å²) in [5, 5.41) is 2.89. The number of thioether (sulfide) groups is 1. The third-order valence-corrected chi connectivity index (χ3v) is 9.27. The molecule has 1 atom stereocenters. The van der Waals surface area contributed by atoms with Crippen molar-refractivity contribution in [3.05, 3.63) is 83.9 Å². The minimum atomic E-state index is -3.83. The van der Waals surface area contributed by atoms with Crippen molar-refractivity contribution in [3.63, 3.8) is 0 Å². The van der Waals surface area contributed by atoms with Crippen molar-refractivity contribution in [2.24, 2.45) is 0 Å². The Balaban J connectivity index is 1.38. The van der Waals surface area contributed by atoms with Crippen LogP contribution in [0.15, 0.2) is 82.6 Å². The molecule has 0 aromatic heterocycles. The van der Waals surface area contributed by atoms with Gasteiger partial charge in [-0.3, -0.25) is 4.79 Å². The summed E-state index contributed by atoms with van der Waals surface area (Å²) in [7, 11) is -3.83. The standard InChI is InChI=1S/C28H31N3O3S2/c32-28(20-35-23-11-2-1-3-12-23)29-22-15-16-26(31-17-6-7-18-31)27(19-22)36(33,34)30-25-14-8-10-21-9-4-5-13-24(21)25/h1-5,9,11-13,15-16,19,25,30H,6-8,10,14,17-18,20H2,(H,29,32)/t25-/m1/s1. The Kier molecular flexibility index (Phi) is 7.65. The fourth-order valence-electron chi connectivity index (χ4n) is 5.02. The zero-order chi connectivity index (χ0) is 25.0. The summed E-state index contributed by atoms with van der Waals surface area (Å²) in [4.78, 5) is 16.0. The minimum absolute atomic E-state index is 0.171. The summed E-state index contributed by atoms with van der Waals surface area (Å²) in [6.07, 6.45) is 4.76. The molecule has 0 radical (unpaired) electrons. The number of rotatable bonds is 8. The molecule has 1 amide bonds. The van der Waals surface area contributed by atoms with E-state index in [-0.39, 0.29) is 22.6 Å². The molecule has 2 N–H and O–H groups in total. The monoisotopic (exact) mass is 521 g/mol. The fourth-order valence-corrected chi connectivity index (χ4v) is 7.24. The molecular formula is C28H31N3O3S2. The molecule has 2 aliphatic rings. The highest BCUT2D eigenvalue weighted by atomic mass is 32.2. The van der Waals surface area contributed by atoms with Gasteiger partial charge in [0, 0.05) is 29.7 Å². The molecule has 0 saturated carbocycles. The number of carbonyl (C=O) groups excluding carboxylic acids is 1. The molecule has 6 nitrogen and oxygen atoms in total. The summed E-state index contributed by atoms with van der Waals surface area (Å²) < 4.78 is 30.6. The quantitative estimate of drug-likeness (QED) is 0.390. The molecule has 1 aliphatic heterocycles. The van der Waals surface area contributed by atoms with Crippen molar-refractivity contribution >= 4 is 39.1 Å². The van der Waals surface area contributed by atoms with Crippen LogP contribution in [0.5, 0.6) is 0 Å². The summed E-state index contributed by atoms with van der Waals surface area (Å²) in [6.45, 7) is 1.66. The molecule has 36 heavy (non-hydrogen) atoms. The van der Waals surface area contributed by atoms with E-state index in [0.717, 1.165) is 55.7 Å². The molecule has 0 bridgehead atoms. The molecule has 3 aromatic carbocycles. The van der Waals surface area contributed by atoms with Crippen LogP contribution in [0, 0.1) is 0 Å². The molecule has 188 valence electrons. The fraction of sp³-hybridized carbons (Fsp3) is 0.321. The molecule has 1 saturated heterocycles. The predicted octanol–water partition coefficient (Wildman–Crippen LogP) is 5.37. The Morgan fingerprint density at radius 1 is 0.944 bits per heavy atom. The molecule has 3 aromatic rings. The van der Waals surface area contributed by atoms with Gasteiger partial charge in [0.05, 0.1) is 11.4 Å². The van der Waals surface area contributed by atoms with E-state index in [1.165, 1.54) is 17.3 Å². The second-order valence-electron chi connectivity index (χ2n) is 9.29. The predicted molar refractivity (Wildman–Crippen MR) is 146 cm³/mol. The van der Waals surface area contributed by atoms with Gasteiger partial charge in [0.15, 0.2) is 0 Å². The Morgan fingerprint density at radius 3 is 2.50 bits per heavy atom. The van der Waals surface area contributed by atoms with Gasteiger partial charge in [-0.15, -0.1) is 11.8 Å². The summed E-state index contributed by atoms with van der Waals surface area (Å²) >= 11 is 1.45. The van der Waals surface area contributed by atoms with Crippen LogP contribution >= 0.6 is 11.8 Å². The number of sulfonamides is 1. The van der Waals surface area contributed by atoms with Gasteiger partial charge in [-0.25, -0.2) is 13.1 Å². The number of anilines is 2. The Morgan fingerprint density at radius 2 is 1.69 bits per heavy atom. The SMILES string of the molecule is O=C(CSc1ccccc1)Nc1ccc(N2CCCC2)c(S(=O)(=O)N[C@@H]2CCCc3ccccc32)c1. The minimum Gasteiger partial charge on any atom is -0.370 e. The van der Waals surface area contributed by atoms with Crippen molar-refractivity contribution in [3.8, 4) is 0 Å². The van der Waals surface area contributed by atoms with Crippen LogP contribution in [-0.4, -0.2) is 33.2 Å². The number of nitrogens with zero attached hydrogens (tertiary/aromatic N) is 1. The first-order valence-electron chi connectivity index (χ1n) is 12.5. The van der Waals surface area contributed by atoms with Gasteiger partial charge in [0.1, 0.15) is 4.90 Å². The average Bonchev–Trinajstić information content (AvgIpc) is 3.43. The second kappa shape index (κ2) is 11.1. The Hall–Kier alpha value is -2.81. The highest BCUT2D eigenvalue weighted by Crippen LogP contribution is 2.35. The number of amides is 1. The van der Waals surface area contributed by atoms with E-state index in [1.807, 2.05) is 54.6 Å². The molecular weight excluding hydrogens is 490 g/mol. The first-order chi connectivity index (χ1) is 17.5. The van der Waals surface area contributed by atoms with Gasteiger partial charge >= 0.3 is 0 Å². The first-order valence-corrected chi connectivity index (χ1v) is 14.9. The van der Waals surface area contributed by atoms with E-state index in [2.05, 4.69) is 21.0 Å². The maximum Gasteiger partial charge on any atom is 0.243 e. The smallest absolute Gasteiger partial charge is 0.243 e. The van der Waals surface area contributed by atoms with Crippen LogP contribution in [0.4, 0.5) is 11.4 Å². The van der Waals surface area contributed by atoms with Gasteiger partial charge in [0.2, 0.25) is 15.9 Å². The third-order valence-electron chi connectivity index (χ3n) is 6.76. The lowest BCUT2D eigenvalue weighted by Gasteiger charge is -2.28. The lowest BCUT2D eigenvalue weighted by Crippen LogP contribution is -2.32. The van der Waals surface area contributed by atoms with Crippen LogP contribution < -0.4 is 14.9 Å². The highest BCUT2D eigenvalue weighted by molar-refractivity contribution is 8.00. The van der Waals surface area contributed by atoms with Crippen molar-refractivity contribution in [2.45, 2.75) is 47.9 Å². The number of aryl methyl sites for hydroxylation is 1. The number of benzene rings is 3. The zero-order valence-corrected chi connectivity index (χ0v) is 21.8. The Labute approximate surface area is 217 Å². The van der Waals surface area contributed by atoms with E-state index < -0.39 is 10.0 Å². The van der Waals surface area contributed by atoms with Gasteiger partial charge in [-0.2, -0.15) is 0 Å². The molecule has 5 rings (SSSR count). The van der Waals surface area contributed by atoms with Crippen LogP contribution in [0.25, 0.3) is 0 Å². The van der Waals surface area contributed by atoms with Crippen molar-refractivity contribution in [1.29, 1.82) is 0 Å². The normalized spacial score (nSPS) is 17.6. The topological polar surface area (TPSA) is 78.5 Å². The highest BCUT2D eigenvalue weighted by Gasteiger charge is 2.29. The van der Waals surface area contributed by atoms with Crippen molar-refractivity contribution in [2.75, 3.05) is 29.1 Å². The van der Waals surface area contributed by atoms with E-state index in [0.29, 0.717) is 11.4 Å². The third kappa shape index (κ3) is 5.77. The number of fused-ring (bicyclic) bond motifs is 1. The lowest BCUT2D eigenvalue weighted by atomic mass is 9.88. The first kappa shape index (κ1) is 24.9. The average molecular weight is 522 g/mol. The van der Waals surface area contributed by atoms with Crippen molar-refractivity contribution < 1.29 is 13.2 Å². The maximum atomic E-state index is 13.8. The summed E-state index contributed by atoms with van der Waals surface area (Å²) in [5.41, 5.74) is 3.44. The van der Waals surface area contributed by atoms with Gasteiger partial charge < -0.3 is 10.2 Å². The van der Waals surface area contributed by atoms with Crippen LogP contribution in [0.3, 0.4) is 0 Å². The van der Waals surface area contributed by atoms with Gasteiger partial charge in [-0.05, 0) is 73.6 Å². The molecule has 8 heteroatoms. The second-order valence-corrected chi connectivity index (χ2v) is 12.0. The maximum absolute atomic E-state index is 13.8. The van der Waals surface area contributed by atoms with E-state index in [9.17, 15) is 13.2 Å². The van der Waals surface area contributed by atoms with Crippen LogP contribution in [0.2, 0.25) is 0 Å². The van der Waals surface area contributed by atoms with Crippen LogP contribution in [-0.2, 0) is 21.2 Å². The number of nitrogens with one attached hydrogen (secondary N) is 2. The number of hydrogen-bond acceptors (Lipinski definition) is 5. The molecule has 1 aliphatic carbocycles. The van der Waals surface area contributed by atoms with Gasteiger partial charge in [-0.1, -0.05) is 42.5 Å². The molecule has 0 spiro atoms. The Bertz CT molecular complexity index is 1320. The van der Waals surface area contributed by atoms with E-state index in [4.69, 9.17) is 0 Å². The molecule has 0 unspecified atom stereocenters. The van der Waals surface area contributed by atoms with E-state index >= 15 is 0 Å². The summed E-state index contributed by atoms with van der Waals surface area (Å²) in [6, 6.07) is 22.8. The largest absolute Gasteiger partial charge is 0.370 e. The molecule has 1 heterocycles. The lowest BCUT2D eigenvalue weighted by molar-refractivity contribution is -0.113. The zero-order valence-electron chi connectivity index (χ0n) is 20.2. The number of carbonyl (C=O) groups is 1. The molecule has 1 fully saturated rings. The van der Waals surface area contributed by atoms with Crippen LogP contribution in [0.1, 0.15) is 42.9 Å². The van der Waals surface area contributed by atoms with Crippen molar-refractivity contribution in [1.82, 2.24) is 4.72 Å².